The topological polar surface area (TPSA) is 0 Å². The predicted octanol–water partition coefficient (Wildman–Crippen LogP) is 5.28. The van der Waals surface area contributed by atoms with Gasteiger partial charge in [-0.2, -0.15) is 0 Å². The van der Waals surface area contributed by atoms with Crippen molar-refractivity contribution >= 4 is 23.2 Å². The van der Waals surface area contributed by atoms with E-state index in [2.05, 4.69) is 115 Å². The van der Waals surface area contributed by atoms with Crippen molar-refractivity contribution < 1.29 is 0 Å². The molecule has 0 saturated carbocycles. The lowest BCUT2D eigenvalue weighted by Gasteiger charge is -2.40. The van der Waals surface area contributed by atoms with Gasteiger partial charge in [0.05, 0.1) is 0 Å². The second kappa shape index (κ2) is 6.80. The molecule has 4 aromatic carbocycles. The Morgan fingerprint density at radius 3 is 1.33 bits per heavy atom. The van der Waals surface area contributed by atoms with Gasteiger partial charge in [-0.05, 0) is 47.5 Å². The molecular formula is C26H22P+. The molecule has 5 rings (SSSR count). The standard InChI is InChI=1S/C26H22P/c1-4-13-22(14-5-1)27(23-15-6-2-7-16-23,24-17-8-3-9-18-24)26-20-21-12-10-11-19-25(21)26/h1-19,26H,20H2/q+1. The van der Waals surface area contributed by atoms with Crippen LogP contribution in [0.25, 0.3) is 0 Å². The van der Waals surface area contributed by atoms with Gasteiger partial charge >= 0.3 is 0 Å². The Morgan fingerprint density at radius 1 is 0.481 bits per heavy atom. The quantitative estimate of drug-likeness (QED) is 0.432. The van der Waals surface area contributed by atoms with E-state index in [0.29, 0.717) is 5.66 Å². The molecule has 0 nitrogen and oxygen atoms in total. The fraction of sp³-hybridized carbons (Fsp3) is 0.0769. The molecule has 0 aliphatic heterocycles. The van der Waals surface area contributed by atoms with Gasteiger partial charge in [-0.15, -0.1) is 0 Å². The van der Waals surface area contributed by atoms with E-state index in [4.69, 9.17) is 0 Å². The Balaban J connectivity index is 1.84. The van der Waals surface area contributed by atoms with E-state index in [1.54, 1.807) is 0 Å². The Morgan fingerprint density at radius 2 is 0.889 bits per heavy atom. The highest BCUT2D eigenvalue weighted by atomic mass is 31.2. The molecule has 0 spiro atoms. The van der Waals surface area contributed by atoms with Crippen LogP contribution >= 0.6 is 7.26 Å². The van der Waals surface area contributed by atoms with Gasteiger partial charge in [-0.1, -0.05) is 78.9 Å². The molecule has 0 amide bonds. The van der Waals surface area contributed by atoms with Crippen molar-refractivity contribution in [3.8, 4) is 0 Å². The molecule has 4 aromatic rings. The lowest BCUT2D eigenvalue weighted by molar-refractivity contribution is 0.803. The lowest BCUT2D eigenvalue weighted by Crippen LogP contribution is -2.39. The SMILES string of the molecule is c1ccc([P+](c2ccccc2)(c2ccccc2)C2Cc3ccccc32)cc1. The summed E-state index contributed by atoms with van der Waals surface area (Å²) in [5.41, 5.74) is 3.58. The maximum absolute atomic E-state index is 2.34. The van der Waals surface area contributed by atoms with Gasteiger partial charge in [0.15, 0.2) is 0 Å². The second-order valence-electron chi connectivity index (χ2n) is 7.15. The molecule has 1 heteroatoms. The van der Waals surface area contributed by atoms with Crippen LogP contribution in [0.1, 0.15) is 16.8 Å². The first kappa shape index (κ1) is 16.5. The summed E-state index contributed by atoms with van der Waals surface area (Å²) in [6.45, 7) is 0. The highest BCUT2D eigenvalue weighted by Gasteiger charge is 2.56. The summed E-state index contributed by atoms with van der Waals surface area (Å²) in [4.78, 5) is 0. The zero-order valence-corrected chi connectivity index (χ0v) is 16.1. The van der Waals surface area contributed by atoms with E-state index in [1.165, 1.54) is 27.0 Å². The zero-order chi connectivity index (χ0) is 18.1. The largest absolute Gasteiger partial charge is 0.119 e. The van der Waals surface area contributed by atoms with Crippen molar-refractivity contribution in [2.75, 3.05) is 0 Å². The molecule has 0 bridgehead atoms. The third-order valence-corrected chi connectivity index (χ3v) is 10.5. The van der Waals surface area contributed by atoms with Crippen LogP contribution < -0.4 is 15.9 Å². The number of hydrogen-bond donors (Lipinski definition) is 0. The maximum atomic E-state index is 2.34. The summed E-state index contributed by atoms with van der Waals surface area (Å²) in [6, 6.07) is 42.6. The van der Waals surface area contributed by atoms with Crippen LogP contribution in [0.5, 0.6) is 0 Å². The first-order valence-electron chi connectivity index (χ1n) is 9.54. The second-order valence-corrected chi connectivity index (χ2v) is 10.8. The van der Waals surface area contributed by atoms with Gasteiger partial charge in [0, 0.05) is 6.42 Å². The summed E-state index contributed by atoms with van der Waals surface area (Å²) in [5.74, 6) is 0. The van der Waals surface area contributed by atoms with Crippen LogP contribution in [0.3, 0.4) is 0 Å². The molecule has 1 aliphatic rings. The predicted molar refractivity (Wildman–Crippen MR) is 118 cm³/mol. The average Bonchev–Trinajstić information content (AvgIpc) is 2.74. The van der Waals surface area contributed by atoms with E-state index < -0.39 is 7.26 Å². The monoisotopic (exact) mass is 365 g/mol. The average molecular weight is 365 g/mol. The van der Waals surface area contributed by atoms with Crippen LogP contribution in [0.2, 0.25) is 0 Å². The minimum Gasteiger partial charge on any atom is -0.0620 e. The van der Waals surface area contributed by atoms with Gasteiger partial charge in [0.25, 0.3) is 0 Å². The number of fused-ring (bicyclic) bond motifs is 1. The third-order valence-electron chi connectivity index (χ3n) is 5.79. The molecule has 1 unspecified atom stereocenters. The van der Waals surface area contributed by atoms with E-state index in [1.807, 2.05) is 0 Å². The molecule has 0 N–H and O–H groups in total. The molecule has 0 fully saturated rings. The van der Waals surface area contributed by atoms with Gasteiger partial charge in [0.1, 0.15) is 28.8 Å². The molecule has 27 heavy (non-hydrogen) atoms. The van der Waals surface area contributed by atoms with Gasteiger partial charge in [-0.3, -0.25) is 0 Å². The summed E-state index contributed by atoms with van der Waals surface area (Å²) < 4.78 is 0. The molecule has 1 aliphatic carbocycles. The van der Waals surface area contributed by atoms with Gasteiger partial charge < -0.3 is 0 Å². The summed E-state index contributed by atoms with van der Waals surface area (Å²) in [7, 11) is -1.79. The minimum atomic E-state index is -1.79. The van der Waals surface area contributed by atoms with Crippen molar-refractivity contribution in [2.45, 2.75) is 12.1 Å². The molecule has 0 radical (unpaired) electrons. The normalized spacial score (nSPS) is 15.6. The van der Waals surface area contributed by atoms with Crippen LogP contribution in [-0.4, -0.2) is 0 Å². The molecule has 130 valence electrons. The number of hydrogen-bond acceptors (Lipinski definition) is 0. The van der Waals surface area contributed by atoms with E-state index >= 15 is 0 Å². The summed E-state index contributed by atoms with van der Waals surface area (Å²) >= 11 is 0. The van der Waals surface area contributed by atoms with Gasteiger partial charge in [0.2, 0.25) is 0 Å². The summed E-state index contributed by atoms with van der Waals surface area (Å²) in [6.07, 6.45) is 1.16. The summed E-state index contributed by atoms with van der Waals surface area (Å²) in [5, 5.41) is 4.42. The first-order valence-corrected chi connectivity index (χ1v) is 11.4. The molecule has 0 aromatic heterocycles. The van der Waals surface area contributed by atoms with Gasteiger partial charge in [-0.25, -0.2) is 0 Å². The van der Waals surface area contributed by atoms with Crippen LogP contribution in [0.15, 0.2) is 115 Å². The zero-order valence-electron chi connectivity index (χ0n) is 15.2. The third kappa shape index (κ3) is 2.56. The van der Waals surface area contributed by atoms with Crippen LogP contribution in [-0.2, 0) is 6.42 Å². The Bertz CT molecular complexity index is 942. The Labute approximate surface area is 161 Å². The van der Waals surface area contributed by atoms with E-state index in [-0.39, 0.29) is 0 Å². The van der Waals surface area contributed by atoms with Crippen molar-refractivity contribution in [3.63, 3.8) is 0 Å². The smallest absolute Gasteiger partial charge is 0.0620 e. The fourth-order valence-corrected chi connectivity index (χ4v) is 9.60. The number of rotatable bonds is 4. The molecule has 1 atom stereocenters. The van der Waals surface area contributed by atoms with Crippen molar-refractivity contribution in [1.82, 2.24) is 0 Å². The minimum absolute atomic E-state index is 0.542. The van der Waals surface area contributed by atoms with Crippen molar-refractivity contribution in [3.05, 3.63) is 126 Å². The van der Waals surface area contributed by atoms with Crippen LogP contribution in [0.4, 0.5) is 0 Å². The fourth-order valence-electron chi connectivity index (χ4n) is 4.55. The molecule has 0 saturated heterocycles. The van der Waals surface area contributed by atoms with Crippen LogP contribution in [0, 0.1) is 0 Å². The van der Waals surface area contributed by atoms with Crippen molar-refractivity contribution in [2.24, 2.45) is 0 Å². The Kier molecular flexibility index (Phi) is 4.15. The maximum Gasteiger partial charge on any atom is 0.119 e. The van der Waals surface area contributed by atoms with Crippen molar-refractivity contribution in [1.29, 1.82) is 0 Å². The number of benzene rings is 4. The highest BCUT2D eigenvalue weighted by molar-refractivity contribution is 7.96. The van der Waals surface area contributed by atoms with E-state index in [0.717, 1.165) is 6.42 Å². The highest BCUT2D eigenvalue weighted by Crippen LogP contribution is 2.71. The van der Waals surface area contributed by atoms with E-state index in [9.17, 15) is 0 Å². The molecule has 0 heterocycles. The Hall–Kier alpha value is -2.69. The first-order chi connectivity index (χ1) is 13.4. The lowest BCUT2D eigenvalue weighted by atomic mass is 9.88. The molecular weight excluding hydrogens is 343 g/mol.